The summed E-state index contributed by atoms with van der Waals surface area (Å²) >= 11 is 0. The molecule has 0 spiro atoms. The Morgan fingerprint density at radius 3 is 1.41 bits per heavy atom. The van der Waals surface area contributed by atoms with Crippen LogP contribution in [0.1, 0.15) is 52.7 Å². The van der Waals surface area contributed by atoms with Crippen molar-refractivity contribution in [3.63, 3.8) is 0 Å². The van der Waals surface area contributed by atoms with Crippen molar-refractivity contribution in [2.45, 2.75) is 71.4 Å². The first-order valence-corrected chi connectivity index (χ1v) is 13.9. The Kier molecular flexibility index (Phi) is 9.60. The molecular weight excluding hydrogens is 391 g/mol. The highest BCUT2D eigenvalue weighted by Crippen LogP contribution is 2.44. The van der Waals surface area contributed by atoms with Gasteiger partial charge in [-0.3, -0.25) is 0 Å². The molecule has 4 heteroatoms. The number of rotatable bonds is 9. The topological polar surface area (TPSA) is 18.5 Å². The summed E-state index contributed by atoms with van der Waals surface area (Å²) in [4.78, 5) is 0. The maximum Gasteiger partial charge on any atom is 0.256 e. The highest BCUT2D eigenvalue weighted by Gasteiger charge is 2.41. The van der Waals surface area contributed by atoms with E-state index in [1.807, 2.05) is 36.4 Å². The van der Waals surface area contributed by atoms with Gasteiger partial charge in [0.25, 0.3) is 8.38 Å². The molecule has 0 aliphatic heterocycles. The Balaban J connectivity index is 2.22. The van der Waals surface area contributed by atoms with Crippen molar-refractivity contribution in [3.05, 3.63) is 71.8 Å². The highest BCUT2D eigenvalue weighted by molar-refractivity contribution is 7.53. The van der Waals surface area contributed by atoms with E-state index in [1.54, 1.807) is 0 Å². The van der Waals surface area contributed by atoms with Gasteiger partial charge < -0.3 is 9.05 Å². The standard InChI is InChI=1S/C25H35O2PSi/c1-21(2)29(22(3)4,23(5)6)18-17-28(26-19-24-13-9-7-10-14-24)27-20-25-15-11-8-12-16-25/h7-16,21-23H,19-20H2,1-6H3. The molecule has 0 saturated carbocycles. The molecule has 2 aromatic carbocycles. The van der Waals surface area contributed by atoms with Gasteiger partial charge in [-0.25, -0.2) is 0 Å². The van der Waals surface area contributed by atoms with Gasteiger partial charge in [0, 0.05) is 0 Å². The van der Waals surface area contributed by atoms with Crippen molar-refractivity contribution in [1.29, 1.82) is 0 Å². The van der Waals surface area contributed by atoms with Crippen LogP contribution in [0.25, 0.3) is 0 Å². The fourth-order valence-electron chi connectivity index (χ4n) is 4.09. The van der Waals surface area contributed by atoms with Crippen LogP contribution in [0.2, 0.25) is 16.6 Å². The first-order chi connectivity index (χ1) is 13.9. The number of hydrogen-bond donors (Lipinski definition) is 0. The van der Waals surface area contributed by atoms with Gasteiger partial charge in [-0.05, 0) is 33.4 Å². The molecule has 0 fully saturated rings. The quantitative estimate of drug-likeness (QED) is 0.230. The third-order valence-corrected chi connectivity index (χ3v) is 13.1. The first-order valence-electron chi connectivity index (χ1n) is 10.5. The fraction of sp³-hybridized carbons (Fsp3) is 0.440. The van der Waals surface area contributed by atoms with Crippen LogP contribution in [0, 0.1) is 11.2 Å². The zero-order valence-corrected chi connectivity index (χ0v) is 20.6. The lowest BCUT2D eigenvalue weighted by Crippen LogP contribution is -2.43. The summed E-state index contributed by atoms with van der Waals surface area (Å²) in [6.07, 6.45) is 0. The molecule has 0 radical (unpaired) electrons. The van der Waals surface area contributed by atoms with Gasteiger partial charge in [0.1, 0.15) is 8.07 Å². The Bertz CT molecular complexity index is 713. The molecule has 0 N–H and O–H groups in total. The van der Waals surface area contributed by atoms with Crippen LogP contribution < -0.4 is 0 Å². The van der Waals surface area contributed by atoms with Gasteiger partial charge >= 0.3 is 0 Å². The van der Waals surface area contributed by atoms with E-state index < -0.39 is 16.4 Å². The van der Waals surface area contributed by atoms with Gasteiger partial charge in [-0.15, -0.1) is 5.54 Å². The van der Waals surface area contributed by atoms with E-state index in [0.717, 1.165) is 11.1 Å². The Hall–Kier alpha value is -1.43. The van der Waals surface area contributed by atoms with Crippen molar-refractivity contribution in [2.75, 3.05) is 0 Å². The van der Waals surface area contributed by atoms with Gasteiger partial charge in [0.15, 0.2) is 0 Å². The summed E-state index contributed by atoms with van der Waals surface area (Å²) in [5.74, 6) is 0. The normalized spacial score (nSPS) is 11.9. The minimum atomic E-state index is -1.81. The van der Waals surface area contributed by atoms with E-state index in [2.05, 4.69) is 77.0 Å². The SMILES string of the molecule is CC(C)[Si](C#CP(OCc1ccccc1)OCc1ccccc1)(C(C)C)C(C)C. The van der Waals surface area contributed by atoms with Crippen LogP contribution in [-0.4, -0.2) is 8.07 Å². The van der Waals surface area contributed by atoms with Gasteiger partial charge in [-0.2, -0.15) is 0 Å². The summed E-state index contributed by atoms with van der Waals surface area (Å²) in [5, 5.41) is 0. The summed E-state index contributed by atoms with van der Waals surface area (Å²) in [6.45, 7) is 15.0. The Morgan fingerprint density at radius 1 is 0.690 bits per heavy atom. The molecule has 156 valence electrons. The third-order valence-electron chi connectivity index (χ3n) is 5.61. The maximum atomic E-state index is 6.18. The smallest absolute Gasteiger partial charge is 0.256 e. The Morgan fingerprint density at radius 2 is 1.07 bits per heavy atom. The van der Waals surface area contributed by atoms with E-state index in [0.29, 0.717) is 29.8 Å². The molecule has 0 saturated heterocycles. The van der Waals surface area contributed by atoms with E-state index in [1.165, 1.54) is 0 Å². The van der Waals surface area contributed by atoms with Crippen LogP contribution in [0.4, 0.5) is 0 Å². The first kappa shape index (κ1) is 23.8. The monoisotopic (exact) mass is 426 g/mol. The summed E-state index contributed by atoms with van der Waals surface area (Å²) in [7, 11) is -3.08. The largest absolute Gasteiger partial charge is 0.320 e. The molecule has 0 amide bonds. The third kappa shape index (κ3) is 6.80. The van der Waals surface area contributed by atoms with E-state index in [-0.39, 0.29) is 0 Å². The van der Waals surface area contributed by atoms with Crippen LogP contribution in [-0.2, 0) is 22.3 Å². The average molecular weight is 427 g/mol. The van der Waals surface area contributed by atoms with Crippen molar-refractivity contribution in [1.82, 2.24) is 0 Å². The molecule has 0 aromatic heterocycles. The minimum absolute atomic E-state index is 0.523. The molecule has 0 aliphatic carbocycles. The van der Waals surface area contributed by atoms with Crippen LogP contribution in [0.15, 0.2) is 60.7 Å². The maximum absolute atomic E-state index is 6.18. The van der Waals surface area contributed by atoms with Crippen molar-refractivity contribution < 1.29 is 9.05 Å². The predicted octanol–water partition coefficient (Wildman–Crippen LogP) is 7.91. The number of benzene rings is 2. The van der Waals surface area contributed by atoms with Crippen LogP contribution in [0.3, 0.4) is 0 Å². The van der Waals surface area contributed by atoms with Gasteiger partial charge in [0.05, 0.1) is 13.2 Å². The Labute approximate surface area is 180 Å². The fourth-order valence-corrected chi connectivity index (χ4v) is 10.8. The van der Waals surface area contributed by atoms with Crippen molar-refractivity contribution in [2.24, 2.45) is 0 Å². The second kappa shape index (κ2) is 11.7. The molecule has 0 atom stereocenters. The predicted molar refractivity (Wildman–Crippen MR) is 128 cm³/mol. The molecular formula is C25H35O2PSi. The second-order valence-corrected chi connectivity index (χ2v) is 15.2. The zero-order valence-electron chi connectivity index (χ0n) is 18.7. The molecule has 0 heterocycles. The average Bonchev–Trinajstić information content (AvgIpc) is 2.70. The van der Waals surface area contributed by atoms with E-state index >= 15 is 0 Å². The van der Waals surface area contributed by atoms with E-state index in [4.69, 9.17) is 9.05 Å². The summed E-state index contributed by atoms with van der Waals surface area (Å²) < 4.78 is 12.4. The van der Waals surface area contributed by atoms with Crippen molar-refractivity contribution >= 4 is 16.4 Å². The molecule has 0 bridgehead atoms. The lowest BCUT2D eigenvalue weighted by molar-refractivity contribution is 0.243. The highest BCUT2D eigenvalue weighted by atomic mass is 31.2. The van der Waals surface area contributed by atoms with Crippen molar-refractivity contribution in [3.8, 4) is 11.2 Å². The van der Waals surface area contributed by atoms with Gasteiger partial charge in [-0.1, -0.05) is 102 Å². The molecule has 2 rings (SSSR count). The lowest BCUT2D eigenvalue weighted by Gasteiger charge is -2.38. The van der Waals surface area contributed by atoms with Gasteiger partial charge in [0.2, 0.25) is 0 Å². The lowest BCUT2D eigenvalue weighted by atomic mass is 10.2. The van der Waals surface area contributed by atoms with Crippen LogP contribution >= 0.6 is 8.38 Å². The summed E-state index contributed by atoms with van der Waals surface area (Å²) in [6, 6.07) is 20.5. The van der Waals surface area contributed by atoms with Crippen LogP contribution in [0.5, 0.6) is 0 Å². The number of hydrogen-bond acceptors (Lipinski definition) is 2. The van der Waals surface area contributed by atoms with E-state index in [9.17, 15) is 0 Å². The molecule has 0 unspecified atom stereocenters. The molecule has 29 heavy (non-hydrogen) atoms. The molecule has 0 aliphatic rings. The molecule has 2 aromatic rings. The molecule has 2 nitrogen and oxygen atoms in total. The minimum Gasteiger partial charge on any atom is -0.320 e. The summed E-state index contributed by atoms with van der Waals surface area (Å²) in [5.41, 5.74) is 11.3. The zero-order chi connectivity index (χ0) is 21.3. The second-order valence-electron chi connectivity index (χ2n) is 8.41.